The molecule has 0 aliphatic carbocycles. The second kappa shape index (κ2) is 14.8. The molecule has 0 saturated carbocycles. The molecular weight excluding hydrogens is 458 g/mol. The molecule has 1 atom stereocenters. The van der Waals surface area contributed by atoms with Crippen molar-refractivity contribution in [2.24, 2.45) is 0 Å². The number of rotatable bonds is 16. The number of hydrogen-bond acceptors (Lipinski definition) is 9. The van der Waals surface area contributed by atoms with Crippen LogP contribution in [0.25, 0.3) is 0 Å². The zero-order valence-electron chi connectivity index (χ0n) is 20.0. The van der Waals surface area contributed by atoms with Crippen LogP contribution in [0.5, 0.6) is 0 Å². The van der Waals surface area contributed by atoms with Gasteiger partial charge < -0.3 is 30.5 Å². The lowest BCUT2D eigenvalue weighted by Gasteiger charge is -2.27. The molecule has 0 radical (unpaired) electrons. The van der Waals surface area contributed by atoms with Crippen LogP contribution in [0, 0.1) is 0 Å². The van der Waals surface area contributed by atoms with Gasteiger partial charge in [0.1, 0.15) is 24.6 Å². The number of nitrogens with one attached hydrogen (secondary N) is 2. The summed E-state index contributed by atoms with van der Waals surface area (Å²) in [7, 11) is 0. The van der Waals surface area contributed by atoms with E-state index in [-0.39, 0.29) is 6.61 Å². The van der Waals surface area contributed by atoms with E-state index in [9.17, 15) is 19.0 Å². The van der Waals surface area contributed by atoms with E-state index in [1.54, 1.807) is 12.3 Å². The average molecular weight is 495 g/mol. The van der Waals surface area contributed by atoms with Crippen LogP contribution in [0.2, 0.25) is 0 Å². The van der Waals surface area contributed by atoms with Crippen molar-refractivity contribution in [3.63, 3.8) is 0 Å². The number of pyridine rings is 1. The summed E-state index contributed by atoms with van der Waals surface area (Å²) in [6, 6.07) is 5.26. The lowest BCUT2D eigenvalue weighted by molar-refractivity contribution is -0.0564. The molecular formula is C24H36F2N6O3. The van der Waals surface area contributed by atoms with Crippen LogP contribution in [0.15, 0.2) is 30.7 Å². The Hall–Kier alpha value is -2.47. The fourth-order valence-electron chi connectivity index (χ4n) is 4.03. The monoisotopic (exact) mass is 494 g/mol. The second-order valence-electron chi connectivity index (χ2n) is 8.65. The highest BCUT2D eigenvalue weighted by Gasteiger charge is 2.19. The second-order valence-corrected chi connectivity index (χ2v) is 8.65. The van der Waals surface area contributed by atoms with Gasteiger partial charge in [-0.25, -0.2) is 23.7 Å². The fraction of sp³-hybridized carbons (Fsp3) is 0.625. The maximum absolute atomic E-state index is 12.4. The van der Waals surface area contributed by atoms with Gasteiger partial charge in [-0.2, -0.15) is 0 Å². The fourth-order valence-corrected chi connectivity index (χ4v) is 4.03. The van der Waals surface area contributed by atoms with Crippen LogP contribution < -0.4 is 10.6 Å². The van der Waals surface area contributed by atoms with Gasteiger partial charge in [0, 0.05) is 31.5 Å². The SMILES string of the molecule is OC(O)[C@H](CCN(CCCCc1ccc2c(n1)NCCC2)CCOCC(F)F)Nc1ccncn1. The first-order chi connectivity index (χ1) is 17.0. The summed E-state index contributed by atoms with van der Waals surface area (Å²) in [5.74, 6) is 1.49. The lowest BCUT2D eigenvalue weighted by Crippen LogP contribution is -2.39. The van der Waals surface area contributed by atoms with Crippen LogP contribution in [-0.2, 0) is 17.6 Å². The van der Waals surface area contributed by atoms with E-state index in [1.807, 2.05) is 0 Å². The van der Waals surface area contributed by atoms with Gasteiger partial charge in [0.2, 0.25) is 0 Å². The predicted molar refractivity (Wildman–Crippen MR) is 130 cm³/mol. The summed E-state index contributed by atoms with van der Waals surface area (Å²) >= 11 is 0. The predicted octanol–water partition coefficient (Wildman–Crippen LogP) is 2.32. The van der Waals surface area contributed by atoms with Crippen molar-refractivity contribution in [2.75, 3.05) is 50.0 Å². The smallest absolute Gasteiger partial charge is 0.261 e. The Balaban J connectivity index is 1.47. The Labute approximate surface area is 205 Å². The topological polar surface area (TPSA) is 116 Å². The first-order valence-electron chi connectivity index (χ1n) is 12.2. The third-order valence-electron chi connectivity index (χ3n) is 5.94. The molecule has 0 saturated heterocycles. The van der Waals surface area contributed by atoms with Crippen molar-refractivity contribution in [2.45, 2.75) is 57.3 Å². The van der Waals surface area contributed by atoms with Crippen molar-refractivity contribution in [1.82, 2.24) is 19.9 Å². The van der Waals surface area contributed by atoms with Crippen LogP contribution in [0.1, 0.15) is 36.9 Å². The Morgan fingerprint density at radius 1 is 1.14 bits per heavy atom. The van der Waals surface area contributed by atoms with Gasteiger partial charge in [-0.15, -0.1) is 0 Å². The Kier molecular flexibility index (Phi) is 11.5. The molecule has 3 heterocycles. The summed E-state index contributed by atoms with van der Waals surface area (Å²) in [5.41, 5.74) is 2.33. The number of aliphatic hydroxyl groups is 2. The molecule has 11 heteroatoms. The maximum atomic E-state index is 12.4. The first kappa shape index (κ1) is 27.1. The quantitative estimate of drug-likeness (QED) is 0.206. The average Bonchev–Trinajstić information content (AvgIpc) is 2.86. The van der Waals surface area contributed by atoms with Gasteiger partial charge in [-0.1, -0.05) is 6.07 Å². The number of ether oxygens (including phenoxy) is 1. The molecule has 1 aliphatic heterocycles. The van der Waals surface area contributed by atoms with Crippen LogP contribution in [0.4, 0.5) is 20.4 Å². The van der Waals surface area contributed by atoms with Crippen LogP contribution in [-0.4, -0.2) is 88.2 Å². The zero-order valence-corrected chi connectivity index (χ0v) is 20.0. The molecule has 0 amide bonds. The zero-order chi connectivity index (χ0) is 24.9. The first-order valence-corrected chi connectivity index (χ1v) is 12.2. The summed E-state index contributed by atoms with van der Waals surface area (Å²) in [5, 5.41) is 26.0. The molecule has 1 aliphatic rings. The van der Waals surface area contributed by atoms with Gasteiger partial charge in [-0.05, 0) is 62.8 Å². The Bertz CT molecular complexity index is 862. The molecule has 0 bridgehead atoms. The van der Waals surface area contributed by atoms with Crippen LogP contribution in [0.3, 0.4) is 0 Å². The summed E-state index contributed by atoms with van der Waals surface area (Å²) in [6.07, 6.45) is 4.18. The molecule has 2 aromatic rings. The Morgan fingerprint density at radius 3 is 2.80 bits per heavy atom. The van der Waals surface area contributed by atoms with Gasteiger partial charge in [0.05, 0.1) is 12.6 Å². The molecule has 4 N–H and O–H groups in total. The number of alkyl halides is 2. The molecule has 35 heavy (non-hydrogen) atoms. The lowest BCUT2D eigenvalue weighted by atomic mass is 10.1. The summed E-state index contributed by atoms with van der Waals surface area (Å²) < 4.78 is 29.9. The minimum Gasteiger partial charge on any atom is -0.374 e. The Morgan fingerprint density at radius 2 is 2.03 bits per heavy atom. The number of unbranched alkanes of at least 4 members (excludes halogenated alkanes) is 1. The van der Waals surface area contributed by atoms with E-state index in [0.717, 1.165) is 56.7 Å². The normalized spacial score (nSPS) is 14.3. The number of halogens is 2. The van der Waals surface area contributed by atoms with Crippen molar-refractivity contribution >= 4 is 11.6 Å². The van der Waals surface area contributed by atoms with Crippen molar-refractivity contribution < 1.29 is 23.7 Å². The van der Waals surface area contributed by atoms with Gasteiger partial charge in [0.15, 0.2) is 6.29 Å². The van der Waals surface area contributed by atoms with Gasteiger partial charge >= 0.3 is 0 Å². The van der Waals surface area contributed by atoms with Crippen LogP contribution >= 0.6 is 0 Å². The number of hydrogen-bond donors (Lipinski definition) is 4. The summed E-state index contributed by atoms with van der Waals surface area (Å²) in [6.45, 7) is 2.33. The van der Waals surface area contributed by atoms with E-state index in [1.165, 1.54) is 11.9 Å². The van der Waals surface area contributed by atoms with E-state index in [4.69, 9.17) is 9.72 Å². The number of aliphatic hydroxyl groups excluding tert-OH is 1. The molecule has 0 spiro atoms. The standard InChI is InChI=1S/C24H36F2N6O3/c25-21(26)16-35-15-14-32(13-9-20(24(33)34)31-22-8-11-27-17-29-22)12-2-1-5-19-7-6-18-4-3-10-28-23(18)30-19/h6-8,11,17,20-21,24,33-34H,1-5,9-10,12-16H2,(H,28,30)(H,27,29,31)/t20-/m0/s1. The van der Waals surface area contributed by atoms with Gasteiger partial charge in [-0.3, -0.25) is 0 Å². The van der Waals surface area contributed by atoms with Crippen molar-refractivity contribution in [3.8, 4) is 0 Å². The number of aryl methyl sites for hydroxylation is 2. The van der Waals surface area contributed by atoms with E-state index in [2.05, 4.69) is 37.6 Å². The third kappa shape index (κ3) is 9.96. The van der Waals surface area contributed by atoms with Crippen molar-refractivity contribution in [3.05, 3.63) is 42.0 Å². The third-order valence-corrected chi connectivity index (χ3v) is 5.94. The summed E-state index contributed by atoms with van der Waals surface area (Å²) in [4.78, 5) is 14.8. The number of fused-ring (bicyclic) bond motifs is 1. The highest BCUT2D eigenvalue weighted by atomic mass is 19.3. The van der Waals surface area contributed by atoms with E-state index in [0.29, 0.717) is 25.3 Å². The molecule has 0 unspecified atom stereocenters. The van der Waals surface area contributed by atoms with Crippen molar-refractivity contribution in [1.29, 1.82) is 0 Å². The number of nitrogens with zero attached hydrogens (tertiary/aromatic N) is 4. The van der Waals surface area contributed by atoms with E-state index >= 15 is 0 Å². The maximum Gasteiger partial charge on any atom is 0.261 e. The highest BCUT2D eigenvalue weighted by Crippen LogP contribution is 2.20. The number of anilines is 2. The molecule has 9 nitrogen and oxygen atoms in total. The van der Waals surface area contributed by atoms with Gasteiger partial charge in [0.25, 0.3) is 6.43 Å². The molecule has 2 aromatic heterocycles. The molecule has 0 aromatic carbocycles. The molecule has 0 fully saturated rings. The number of aromatic nitrogens is 3. The molecule has 194 valence electrons. The highest BCUT2D eigenvalue weighted by molar-refractivity contribution is 5.47. The minimum atomic E-state index is -2.49. The minimum absolute atomic E-state index is 0.189. The molecule has 3 rings (SSSR count). The van der Waals surface area contributed by atoms with E-state index < -0.39 is 25.4 Å². The largest absolute Gasteiger partial charge is 0.374 e.